The minimum absolute atomic E-state index is 0.287. The molecule has 2 heterocycles. The summed E-state index contributed by atoms with van der Waals surface area (Å²) >= 11 is 3.45. The summed E-state index contributed by atoms with van der Waals surface area (Å²) in [4.78, 5) is 4.51. The highest BCUT2D eigenvalue weighted by Gasteiger charge is 2.24. The van der Waals surface area contributed by atoms with Crippen molar-refractivity contribution in [3.8, 4) is 0 Å². The molecule has 3 rings (SSSR count). The van der Waals surface area contributed by atoms with Gasteiger partial charge in [-0.25, -0.2) is 4.99 Å². The number of benzene rings is 1. The monoisotopic (exact) mass is 267 g/mol. The molecule has 0 saturated carbocycles. The quantitative estimate of drug-likeness (QED) is 0.781. The highest BCUT2D eigenvalue weighted by molar-refractivity contribution is 9.10. The van der Waals surface area contributed by atoms with E-state index in [1.54, 1.807) is 0 Å². The van der Waals surface area contributed by atoms with Gasteiger partial charge in [0.05, 0.1) is 13.2 Å². The lowest BCUT2D eigenvalue weighted by atomic mass is 10.1. The van der Waals surface area contributed by atoms with Crippen LogP contribution in [0.1, 0.15) is 11.1 Å². The van der Waals surface area contributed by atoms with E-state index in [4.69, 9.17) is 9.47 Å². The third kappa shape index (κ3) is 1.68. The minimum Gasteiger partial charge on any atom is -0.473 e. The van der Waals surface area contributed by atoms with Gasteiger partial charge in [-0.3, -0.25) is 0 Å². The molecule has 2 aliphatic heterocycles. The van der Waals surface area contributed by atoms with Crippen LogP contribution < -0.4 is 0 Å². The molecule has 1 aromatic carbocycles. The first-order valence-corrected chi connectivity index (χ1v) is 5.69. The molecule has 3 nitrogen and oxygen atoms in total. The highest BCUT2D eigenvalue weighted by Crippen LogP contribution is 2.25. The molecule has 0 unspecified atom stereocenters. The van der Waals surface area contributed by atoms with Crippen LogP contribution in [0.3, 0.4) is 0 Å². The minimum atomic E-state index is 0.287. The van der Waals surface area contributed by atoms with E-state index in [2.05, 4.69) is 27.0 Å². The number of rotatable bonds is 1. The number of hydrogen-bond donors (Lipinski definition) is 0. The fourth-order valence-electron chi connectivity index (χ4n) is 1.68. The highest BCUT2D eigenvalue weighted by atomic mass is 79.9. The van der Waals surface area contributed by atoms with Crippen molar-refractivity contribution in [2.45, 2.75) is 12.6 Å². The lowest BCUT2D eigenvalue weighted by molar-refractivity contribution is 0.0123. The summed E-state index contributed by atoms with van der Waals surface area (Å²) in [5.74, 6) is 0.769. The number of aliphatic imine (C=N–C) groups is 1. The topological polar surface area (TPSA) is 30.8 Å². The SMILES string of the molecule is Brc1ccc2c(c1)COC2=NC1COC1. The van der Waals surface area contributed by atoms with Crippen LogP contribution in [-0.2, 0) is 16.1 Å². The number of hydrogen-bond acceptors (Lipinski definition) is 3. The van der Waals surface area contributed by atoms with Gasteiger partial charge in [0, 0.05) is 15.6 Å². The first kappa shape index (κ1) is 9.36. The Hall–Kier alpha value is -0.870. The Morgan fingerprint density at radius 1 is 1.33 bits per heavy atom. The van der Waals surface area contributed by atoms with E-state index in [1.807, 2.05) is 12.1 Å². The van der Waals surface area contributed by atoms with Gasteiger partial charge in [-0.1, -0.05) is 15.9 Å². The second-order valence-corrected chi connectivity index (χ2v) is 4.63. The Balaban J connectivity index is 1.93. The lowest BCUT2D eigenvalue weighted by Crippen LogP contribution is -2.32. The molecular weight excluding hydrogens is 258 g/mol. The van der Waals surface area contributed by atoms with E-state index in [9.17, 15) is 0 Å². The molecule has 0 aliphatic carbocycles. The summed E-state index contributed by atoms with van der Waals surface area (Å²) in [6.07, 6.45) is 0. The molecule has 2 aliphatic rings. The predicted molar refractivity (Wildman–Crippen MR) is 60.1 cm³/mol. The van der Waals surface area contributed by atoms with Gasteiger partial charge in [0.15, 0.2) is 0 Å². The van der Waals surface area contributed by atoms with Gasteiger partial charge in [-0.2, -0.15) is 0 Å². The van der Waals surface area contributed by atoms with E-state index in [0.29, 0.717) is 6.61 Å². The van der Waals surface area contributed by atoms with Gasteiger partial charge >= 0.3 is 0 Å². The van der Waals surface area contributed by atoms with Crippen LogP contribution in [0, 0.1) is 0 Å². The van der Waals surface area contributed by atoms with E-state index in [0.717, 1.165) is 29.1 Å². The van der Waals surface area contributed by atoms with Crippen molar-refractivity contribution in [2.75, 3.05) is 13.2 Å². The summed E-state index contributed by atoms with van der Waals surface area (Å²) in [5.41, 5.74) is 2.31. The van der Waals surface area contributed by atoms with Gasteiger partial charge in [0.1, 0.15) is 12.6 Å². The van der Waals surface area contributed by atoms with Gasteiger partial charge in [-0.15, -0.1) is 0 Å². The number of halogens is 1. The Morgan fingerprint density at radius 2 is 2.20 bits per heavy atom. The van der Waals surface area contributed by atoms with E-state index in [1.165, 1.54) is 5.56 Å². The summed E-state index contributed by atoms with van der Waals surface area (Å²) in [5, 5.41) is 0. The molecule has 0 spiro atoms. The van der Waals surface area contributed by atoms with E-state index < -0.39 is 0 Å². The van der Waals surface area contributed by atoms with Gasteiger partial charge in [0.25, 0.3) is 0 Å². The molecule has 1 saturated heterocycles. The fourth-order valence-corrected chi connectivity index (χ4v) is 2.09. The van der Waals surface area contributed by atoms with Crippen LogP contribution in [0.25, 0.3) is 0 Å². The predicted octanol–water partition coefficient (Wildman–Crippen LogP) is 2.12. The van der Waals surface area contributed by atoms with Gasteiger partial charge in [-0.05, 0) is 18.2 Å². The van der Waals surface area contributed by atoms with Gasteiger partial charge in [0.2, 0.25) is 5.90 Å². The molecule has 0 atom stereocenters. The molecule has 0 aromatic heterocycles. The second kappa shape index (κ2) is 3.61. The normalized spacial score (nSPS) is 22.3. The maximum atomic E-state index is 5.56. The van der Waals surface area contributed by atoms with Crippen LogP contribution in [0.5, 0.6) is 0 Å². The van der Waals surface area contributed by atoms with Crippen molar-refractivity contribution in [3.63, 3.8) is 0 Å². The Labute approximate surface area is 96.2 Å². The largest absolute Gasteiger partial charge is 0.473 e. The van der Waals surface area contributed by atoms with Crippen molar-refractivity contribution in [1.82, 2.24) is 0 Å². The van der Waals surface area contributed by atoms with E-state index in [-0.39, 0.29) is 6.04 Å². The number of ether oxygens (including phenoxy) is 2. The van der Waals surface area contributed by atoms with Crippen LogP contribution in [0.4, 0.5) is 0 Å². The van der Waals surface area contributed by atoms with Crippen LogP contribution >= 0.6 is 15.9 Å². The number of nitrogens with zero attached hydrogens (tertiary/aromatic N) is 1. The lowest BCUT2D eigenvalue weighted by Gasteiger charge is -2.22. The average Bonchev–Trinajstić information content (AvgIpc) is 2.54. The van der Waals surface area contributed by atoms with Crippen molar-refractivity contribution in [3.05, 3.63) is 33.8 Å². The third-order valence-corrected chi connectivity index (χ3v) is 3.08. The summed E-state index contributed by atoms with van der Waals surface area (Å²) in [6, 6.07) is 6.43. The van der Waals surface area contributed by atoms with Crippen LogP contribution in [-0.4, -0.2) is 25.2 Å². The zero-order valence-electron chi connectivity index (χ0n) is 8.07. The van der Waals surface area contributed by atoms with Crippen LogP contribution in [0.2, 0.25) is 0 Å². The van der Waals surface area contributed by atoms with Crippen molar-refractivity contribution in [2.24, 2.45) is 4.99 Å². The molecule has 4 heteroatoms. The van der Waals surface area contributed by atoms with Crippen molar-refractivity contribution < 1.29 is 9.47 Å². The summed E-state index contributed by atoms with van der Waals surface area (Å²) in [7, 11) is 0. The Bertz CT molecular complexity index is 427. The third-order valence-electron chi connectivity index (χ3n) is 2.58. The zero-order valence-corrected chi connectivity index (χ0v) is 9.66. The molecule has 1 aromatic rings. The van der Waals surface area contributed by atoms with Crippen LogP contribution in [0.15, 0.2) is 27.7 Å². The molecule has 0 N–H and O–H groups in total. The van der Waals surface area contributed by atoms with Gasteiger partial charge < -0.3 is 9.47 Å². The fraction of sp³-hybridized carbons (Fsp3) is 0.364. The van der Waals surface area contributed by atoms with Crippen molar-refractivity contribution in [1.29, 1.82) is 0 Å². The zero-order chi connectivity index (χ0) is 10.3. The Kier molecular flexibility index (Phi) is 2.25. The molecule has 0 bridgehead atoms. The van der Waals surface area contributed by atoms with E-state index >= 15 is 0 Å². The Morgan fingerprint density at radius 3 is 2.93 bits per heavy atom. The second-order valence-electron chi connectivity index (χ2n) is 3.72. The maximum absolute atomic E-state index is 5.56. The summed E-state index contributed by atoms with van der Waals surface area (Å²) < 4.78 is 11.7. The first-order valence-electron chi connectivity index (χ1n) is 4.90. The molecule has 0 amide bonds. The van der Waals surface area contributed by atoms with Crippen molar-refractivity contribution >= 4 is 21.8 Å². The average molecular weight is 268 g/mol. The molecule has 15 heavy (non-hydrogen) atoms. The molecule has 78 valence electrons. The molecular formula is C11H10BrNO2. The molecule has 1 fully saturated rings. The smallest absolute Gasteiger partial charge is 0.217 e. The maximum Gasteiger partial charge on any atom is 0.217 e. The number of fused-ring (bicyclic) bond motifs is 1. The summed E-state index contributed by atoms with van der Waals surface area (Å²) in [6.45, 7) is 2.07. The molecule has 0 radical (unpaired) electrons. The standard InChI is InChI=1S/C11H10BrNO2/c12-8-1-2-10-7(3-8)4-15-11(10)13-9-5-14-6-9/h1-3,9H,4-6H2. The first-order chi connectivity index (χ1) is 7.33.